The van der Waals surface area contributed by atoms with Crippen LogP contribution < -0.4 is 21.3 Å². The summed E-state index contributed by atoms with van der Waals surface area (Å²) >= 11 is 5.79. The van der Waals surface area contributed by atoms with Gasteiger partial charge in [-0.3, -0.25) is 15.0 Å². The molecule has 6 heterocycles. The topological polar surface area (TPSA) is 177 Å². The number of aromatic amines is 2. The summed E-state index contributed by atoms with van der Waals surface area (Å²) in [4.78, 5) is 31.0. The second-order valence-electron chi connectivity index (χ2n) is 11.3. The van der Waals surface area contributed by atoms with Crippen molar-refractivity contribution in [2.75, 3.05) is 48.7 Å². The Labute approximate surface area is 271 Å². The van der Waals surface area contributed by atoms with Gasteiger partial charge in [-0.15, -0.1) is 0 Å². The van der Waals surface area contributed by atoms with Gasteiger partial charge in [0, 0.05) is 42.4 Å². The van der Waals surface area contributed by atoms with E-state index in [1.54, 1.807) is 23.6 Å². The van der Waals surface area contributed by atoms with Crippen molar-refractivity contribution in [3.8, 4) is 0 Å². The van der Waals surface area contributed by atoms with Crippen molar-refractivity contribution < 1.29 is 18.0 Å². The summed E-state index contributed by atoms with van der Waals surface area (Å²) < 4.78 is 38.9. The third-order valence-electron chi connectivity index (χ3n) is 7.92. The molecule has 5 aromatic rings. The molecule has 47 heavy (non-hydrogen) atoms. The average Bonchev–Trinajstić information content (AvgIpc) is 3.75. The highest BCUT2D eigenvalue weighted by atomic mass is 35.5. The van der Waals surface area contributed by atoms with E-state index in [0.29, 0.717) is 30.6 Å². The molecule has 0 aliphatic carbocycles. The molecule has 0 spiro atoms. The maximum absolute atomic E-state index is 13.0. The Bertz CT molecular complexity index is 1810. The van der Waals surface area contributed by atoms with Crippen molar-refractivity contribution in [2.45, 2.75) is 43.9 Å². The van der Waals surface area contributed by atoms with Gasteiger partial charge in [-0.2, -0.15) is 23.4 Å². The monoisotopic (exact) mass is 671 g/mol. The fourth-order valence-corrected chi connectivity index (χ4v) is 5.82. The zero-order valence-electron chi connectivity index (χ0n) is 25.1. The normalized spacial score (nSPS) is 18.4. The number of alkyl halides is 3. The van der Waals surface area contributed by atoms with Gasteiger partial charge in [0.1, 0.15) is 24.3 Å². The van der Waals surface area contributed by atoms with E-state index in [1.165, 1.54) is 25.2 Å². The number of halogens is 4. The van der Waals surface area contributed by atoms with Gasteiger partial charge in [0.05, 0.1) is 35.3 Å². The van der Waals surface area contributed by atoms with Gasteiger partial charge in [-0.1, -0.05) is 11.6 Å². The van der Waals surface area contributed by atoms with Gasteiger partial charge in [0.15, 0.2) is 11.3 Å². The summed E-state index contributed by atoms with van der Waals surface area (Å²) in [5.41, 5.74) is 0.669. The number of hydrogen-bond donors (Lipinski definition) is 6. The molecule has 1 amide bonds. The Kier molecular flexibility index (Phi) is 9.81. The van der Waals surface area contributed by atoms with E-state index in [4.69, 9.17) is 11.6 Å². The zero-order chi connectivity index (χ0) is 32.8. The van der Waals surface area contributed by atoms with Crippen molar-refractivity contribution >= 4 is 56.9 Å². The molecular formula is C29H33ClF3N13O. The van der Waals surface area contributed by atoms with Crippen LogP contribution in [0.3, 0.4) is 0 Å². The fraction of sp³-hybridized carbons (Fsp3) is 0.414. The third-order valence-corrected chi connectivity index (χ3v) is 8.14. The number of nitrogens with one attached hydrogen (secondary N) is 6. The minimum Gasteiger partial charge on any atom is -0.376 e. The van der Waals surface area contributed by atoms with E-state index < -0.39 is 11.7 Å². The predicted molar refractivity (Wildman–Crippen MR) is 171 cm³/mol. The number of fused-ring (bicyclic) bond motifs is 2. The van der Waals surface area contributed by atoms with Crippen molar-refractivity contribution in [1.82, 2.24) is 50.5 Å². The van der Waals surface area contributed by atoms with Crippen LogP contribution in [0.25, 0.3) is 22.1 Å². The number of anilines is 3. The van der Waals surface area contributed by atoms with Crippen molar-refractivity contribution in [3.63, 3.8) is 0 Å². The minimum atomic E-state index is -4.52. The number of hydrogen-bond acceptors (Lipinski definition) is 11. The van der Waals surface area contributed by atoms with Gasteiger partial charge >= 0.3 is 6.18 Å². The second-order valence-corrected chi connectivity index (χ2v) is 11.7. The number of H-pyrrole nitrogens is 2. The van der Waals surface area contributed by atoms with Crippen LogP contribution >= 0.6 is 11.6 Å². The maximum atomic E-state index is 13.0. The molecule has 248 valence electrons. The van der Waals surface area contributed by atoms with Crippen LogP contribution in [-0.2, 0) is 11.0 Å². The number of benzene rings is 1. The van der Waals surface area contributed by atoms with Crippen LogP contribution in [0, 0.1) is 0 Å². The summed E-state index contributed by atoms with van der Waals surface area (Å²) in [5.74, 6) is 1.29. The Hall–Kier alpha value is -4.77. The van der Waals surface area contributed by atoms with E-state index in [2.05, 4.69) is 61.6 Å². The number of aromatic nitrogens is 8. The van der Waals surface area contributed by atoms with Crippen LogP contribution in [0.15, 0.2) is 43.2 Å². The summed E-state index contributed by atoms with van der Waals surface area (Å²) in [5, 5.41) is 28.1. The first-order chi connectivity index (χ1) is 22.7. The van der Waals surface area contributed by atoms with E-state index >= 15 is 0 Å². The number of nitrogens with zero attached hydrogens (tertiary/aromatic N) is 7. The number of carbonyl (C=O) groups is 1. The summed E-state index contributed by atoms with van der Waals surface area (Å²) in [7, 11) is 0. The zero-order valence-corrected chi connectivity index (χ0v) is 25.9. The molecule has 0 bridgehead atoms. The molecule has 14 nitrogen and oxygen atoms in total. The van der Waals surface area contributed by atoms with Crippen molar-refractivity contribution in [1.29, 1.82) is 0 Å². The first-order valence-corrected chi connectivity index (χ1v) is 15.5. The lowest BCUT2D eigenvalue weighted by atomic mass is 10.1. The average molecular weight is 672 g/mol. The number of piperidine rings is 2. The molecule has 1 aromatic carbocycles. The highest BCUT2D eigenvalue weighted by molar-refractivity contribution is 6.31. The molecule has 4 aromatic heterocycles. The predicted octanol–water partition coefficient (Wildman–Crippen LogP) is 4.06. The van der Waals surface area contributed by atoms with Crippen LogP contribution in [0.5, 0.6) is 0 Å². The minimum absolute atomic E-state index is 0.0197. The lowest BCUT2D eigenvalue weighted by Gasteiger charge is -2.33. The van der Waals surface area contributed by atoms with Crippen LogP contribution in [0.1, 0.15) is 31.2 Å². The van der Waals surface area contributed by atoms with Crippen LogP contribution in [-0.4, -0.2) is 95.9 Å². The van der Waals surface area contributed by atoms with Crippen LogP contribution in [0.2, 0.25) is 5.02 Å². The standard InChI is InChI=1S/C19H19ClF3N7O.C10H14N6/c20-12-4-11(19(21,22)23)5-14(6-12)24-8-16(31)30-3-1-2-13(9-30)28-17-15-7-27-29-18(15)26-10-25-17;1-2-7(4-11-3-1)15-9-8-5-14-16-10(8)13-6-12-9/h4-7,10,13,24H,1-3,8-9H2,(H2,25,26,27,28,29);5-7,11H,1-4H2,(H2,12,13,14,15,16)/t13-;7-/m00/s1. The molecule has 0 radical (unpaired) electrons. The molecule has 7 rings (SSSR count). The Morgan fingerprint density at radius 1 is 0.915 bits per heavy atom. The fourth-order valence-electron chi connectivity index (χ4n) is 5.59. The largest absolute Gasteiger partial charge is 0.416 e. The van der Waals surface area contributed by atoms with Gasteiger partial charge in [-0.05, 0) is 50.4 Å². The second kappa shape index (κ2) is 14.3. The summed E-state index contributed by atoms with van der Waals surface area (Å²) in [6.45, 7) is 3.00. The lowest BCUT2D eigenvalue weighted by molar-refractivity contribution is -0.137. The van der Waals surface area contributed by atoms with Crippen LogP contribution in [0.4, 0.5) is 30.5 Å². The van der Waals surface area contributed by atoms with E-state index in [-0.39, 0.29) is 29.2 Å². The van der Waals surface area contributed by atoms with E-state index in [9.17, 15) is 18.0 Å². The molecule has 2 atom stereocenters. The molecule has 0 unspecified atom stereocenters. The number of rotatable bonds is 7. The highest BCUT2D eigenvalue weighted by Crippen LogP contribution is 2.33. The number of amides is 1. The summed E-state index contributed by atoms with van der Waals surface area (Å²) in [6, 6.07) is 3.57. The smallest absolute Gasteiger partial charge is 0.376 e. The van der Waals surface area contributed by atoms with Gasteiger partial charge in [-0.25, -0.2) is 19.9 Å². The number of carbonyl (C=O) groups excluding carboxylic acids is 1. The van der Waals surface area contributed by atoms with Gasteiger partial charge in [0.2, 0.25) is 5.91 Å². The quantitative estimate of drug-likeness (QED) is 0.147. The molecule has 2 saturated heterocycles. The molecule has 0 saturated carbocycles. The third kappa shape index (κ3) is 8.15. The first kappa shape index (κ1) is 32.2. The molecule has 6 N–H and O–H groups in total. The first-order valence-electron chi connectivity index (χ1n) is 15.1. The summed E-state index contributed by atoms with van der Waals surface area (Å²) in [6.07, 6.45) is 5.88. The maximum Gasteiger partial charge on any atom is 0.416 e. The van der Waals surface area contributed by atoms with Crippen molar-refractivity contribution in [2.24, 2.45) is 0 Å². The van der Waals surface area contributed by atoms with Gasteiger partial charge < -0.3 is 26.2 Å². The SMILES string of the molecule is O=C(CNc1cc(Cl)cc(C(F)(F)F)c1)N1CCC[C@H](Nc2ncnc3[nH]ncc23)C1.c1nc(N[C@H]2CCCNC2)c2cn[nH]c2n1. The van der Waals surface area contributed by atoms with Gasteiger partial charge in [0.25, 0.3) is 0 Å². The van der Waals surface area contributed by atoms with E-state index in [1.807, 2.05) is 0 Å². The Morgan fingerprint density at radius 3 is 2.21 bits per heavy atom. The molecular weight excluding hydrogens is 639 g/mol. The Balaban J connectivity index is 0.000000201. The molecule has 18 heteroatoms. The Morgan fingerprint density at radius 2 is 1.57 bits per heavy atom. The van der Waals surface area contributed by atoms with E-state index in [0.717, 1.165) is 60.3 Å². The molecule has 2 aliphatic heterocycles. The number of likely N-dealkylation sites (tertiary alicyclic amines) is 1. The van der Waals surface area contributed by atoms with Crippen molar-refractivity contribution in [3.05, 3.63) is 53.8 Å². The molecule has 2 aliphatic rings. The highest BCUT2D eigenvalue weighted by Gasteiger charge is 2.31. The molecule has 2 fully saturated rings. The lowest BCUT2D eigenvalue weighted by Crippen LogP contribution is -2.47.